The van der Waals surface area contributed by atoms with E-state index >= 15 is 0 Å². The number of ether oxygens (including phenoxy) is 4. The van der Waals surface area contributed by atoms with E-state index in [4.69, 9.17) is 18.9 Å². The first-order valence-electron chi connectivity index (χ1n) is 32.9. The molecule has 0 aromatic carbocycles. The van der Waals surface area contributed by atoms with Gasteiger partial charge in [0.05, 0.1) is 32.0 Å². The molecule has 0 aliphatic carbocycles. The summed E-state index contributed by atoms with van der Waals surface area (Å²) in [5, 5.41) is 87.2. The smallest absolute Gasteiger partial charge is 0.220 e. The van der Waals surface area contributed by atoms with Gasteiger partial charge in [-0.1, -0.05) is 274 Å². The van der Waals surface area contributed by atoms with Gasteiger partial charge in [0.2, 0.25) is 5.91 Å². The van der Waals surface area contributed by atoms with Crippen molar-refractivity contribution < 1.29 is 64.6 Å². The average Bonchev–Trinajstić information content (AvgIpc) is 3.47. The Labute approximate surface area is 486 Å². The first-order chi connectivity index (χ1) is 39.1. The highest BCUT2D eigenvalue weighted by Crippen LogP contribution is 2.30. The molecule has 0 radical (unpaired) electrons. The van der Waals surface area contributed by atoms with Gasteiger partial charge in [0.1, 0.15) is 48.8 Å². The molecule has 468 valence electrons. The van der Waals surface area contributed by atoms with E-state index in [9.17, 15) is 45.6 Å². The summed E-state index contributed by atoms with van der Waals surface area (Å²) in [4.78, 5) is 13.2. The second kappa shape index (κ2) is 51.4. The topological polar surface area (TPSA) is 228 Å². The zero-order chi connectivity index (χ0) is 58.1. The maximum atomic E-state index is 13.2. The fraction of sp³-hybridized carbons (Fsp3) is 0.864. The number of unbranched alkanes of at least 4 members (excludes halogenated alkanes) is 32. The Kier molecular flexibility index (Phi) is 47.6. The van der Waals surface area contributed by atoms with Crippen molar-refractivity contribution in [2.24, 2.45) is 0 Å². The maximum Gasteiger partial charge on any atom is 0.220 e. The molecule has 0 spiro atoms. The number of carbonyl (C=O) groups excluding carboxylic acids is 1. The van der Waals surface area contributed by atoms with E-state index in [1.165, 1.54) is 186 Å². The molecule has 0 aromatic rings. The third kappa shape index (κ3) is 35.9. The summed E-state index contributed by atoms with van der Waals surface area (Å²) < 4.78 is 22.8. The number of aliphatic hydroxyl groups excluding tert-OH is 8. The first-order valence-corrected chi connectivity index (χ1v) is 32.9. The fourth-order valence-electron chi connectivity index (χ4n) is 10.8. The third-order valence-corrected chi connectivity index (χ3v) is 16.1. The van der Waals surface area contributed by atoms with E-state index in [-0.39, 0.29) is 18.9 Å². The van der Waals surface area contributed by atoms with Crippen LogP contribution >= 0.6 is 0 Å². The van der Waals surface area contributed by atoms with Crippen LogP contribution in [0.1, 0.15) is 271 Å². The summed E-state index contributed by atoms with van der Waals surface area (Å²) in [6.45, 7) is 2.71. The van der Waals surface area contributed by atoms with Crippen LogP contribution in [0.4, 0.5) is 0 Å². The van der Waals surface area contributed by atoms with Gasteiger partial charge in [0.25, 0.3) is 0 Å². The minimum atomic E-state index is -1.79. The average molecular weight is 1140 g/mol. The Balaban J connectivity index is 1.63. The molecule has 0 bridgehead atoms. The van der Waals surface area contributed by atoms with E-state index < -0.39 is 86.8 Å². The molecular weight excluding hydrogens is 1010 g/mol. The normalized spacial score (nSPS) is 24.5. The van der Waals surface area contributed by atoms with Gasteiger partial charge in [-0.25, -0.2) is 0 Å². The molecule has 9 N–H and O–H groups in total. The van der Waals surface area contributed by atoms with Crippen molar-refractivity contribution in [3.8, 4) is 0 Å². The molecule has 2 aliphatic heterocycles. The van der Waals surface area contributed by atoms with Crippen molar-refractivity contribution in [1.82, 2.24) is 5.32 Å². The minimum absolute atomic E-state index is 0.183. The van der Waals surface area contributed by atoms with Gasteiger partial charge in [-0.3, -0.25) is 4.79 Å². The van der Waals surface area contributed by atoms with Crippen molar-refractivity contribution in [2.45, 2.75) is 344 Å². The standard InChI is InChI=1S/C66H121NO13/c1-3-5-7-9-11-13-15-17-18-19-20-21-22-23-24-25-26-27-28-29-30-31-32-33-34-35-36-38-39-41-43-45-47-49-55(70)54(67-58(71)50-48-46-44-42-40-37-16-14-12-10-8-6-4-2)53-77-65-63(76)61(74)64(57(52-69)79-65)80-66-62(75)60(73)59(72)56(51-68)78-66/h6,8,12,14,37,40,44,46,54-57,59-66,68-70,72-76H,3-5,7,9-11,13,15-36,38-39,41-43,45,47-53H2,1-2H3,(H,67,71)/b8-6-,14-12-,40-37-,46-44-. The van der Waals surface area contributed by atoms with Crippen molar-refractivity contribution in [2.75, 3.05) is 19.8 Å². The van der Waals surface area contributed by atoms with Crippen LogP contribution in [0.3, 0.4) is 0 Å². The van der Waals surface area contributed by atoms with Gasteiger partial charge in [0, 0.05) is 6.42 Å². The number of amides is 1. The van der Waals surface area contributed by atoms with Gasteiger partial charge < -0.3 is 65.1 Å². The maximum absolute atomic E-state index is 13.2. The lowest BCUT2D eigenvalue weighted by Gasteiger charge is -2.46. The largest absolute Gasteiger partial charge is 0.394 e. The van der Waals surface area contributed by atoms with Crippen LogP contribution < -0.4 is 5.32 Å². The second-order valence-electron chi connectivity index (χ2n) is 23.2. The highest BCUT2D eigenvalue weighted by molar-refractivity contribution is 5.76. The molecule has 2 fully saturated rings. The Hall–Kier alpha value is -2.05. The third-order valence-electron chi connectivity index (χ3n) is 16.1. The summed E-state index contributed by atoms with van der Waals surface area (Å²) >= 11 is 0. The van der Waals surface area contributed by atoms with E-state index in [2.05, 4.69) is 55.6 Å². The lowest BCUT2D eigenvalue weighted by atomic mass is 9.97. The highest BCUT2D eigenvalue weighted by atomic mass is 16.7. The van der Waals surface area contributed by atoms with E-state index in [0.717, 1.165) is 51.4 Å². The number of hydrogen-bond donors (Lipinski definition) is 9. The molecule has 2 heterocycles. The summed E-state index contributed by atoms with van der Waals surface area (Å²) in [7, 11) is 0. The number of nitrogens with one attached hydrogen (secondary N) is 1. The molecule has 2 aliphatic rings. The Bertz CT molecular complexity index is 1530. The molecule has 0 saturated carbocycles. The Morgan fingerprint density at radius 1 is 0.463 bits per heavy atom. The summed E-state index contributed by atoms with van der Waals surface area (Å²) in [5.41, 5.74) is 0. The molecule has 12 unspecified atom stereocenters. The van der Waals surface area contributed by atoms with Crippen LogP contribution in [0.15, 0.2) is 48.6 Å². The van der Waals surface area contributed by atoms with Crippen LogP contribution in [0.2, 0.25) is 0 Å². The van der Waals surface area contributed by atoms with Gasteiger partial charge in [-0.05, 0) is 38.5 Å². The Morgan fingerprint density at radius 3 is 1.25 bits per heavy atom. The van der Waals surface area contributed by atoms with Gasteiger partial charge >= 0.3 is 0 Å². The lowest BCUT2D eigenvalue weighted by Crippen LogP contribution is -2.65. The van der Waals surface area contributed by atoms with Crippen LogP contribution in [0.5, 0.6) is 0 Å². The van der Waals surface area contributed by atoms with E-state index in [0.29, 0.717) is 12.8 Å². The Morgan fingerprint density at radius 2 is 0.838 bits per heavy atom. The van der Waals surface area contributed by atoms with Crippen LogP contribution in [-0.2, 0) is 23.7 Å². The van der Waals surface area contributed by atoms with Crippen molar-refractivity contribution in [3.63, 3.8) is 0 Å². The number of carbonyl (C=O) groups is 1. The zero-order valence-corrected chi connectivity index (χ0v) is 50.6. The SMILES string of the molecule is CC/C=C\C/C=C\C/C=C\C/C=C\CCC(=O)NC(COC1OC(CO)C(OC2OC(CO)C(O)C(O)C2O)C(O)C1O)C(O)CCCCCCCCCCCCCCCCCCCCCCCCCCCCCCCCCCC. The quantitative estimate of drug-likeness (QED) is 0.0204. The number of hydrogen-bond acceptors (Lipinski definition) is 13. The summed E-state index contributed by atoms with van der Waals surface area (Å²) in [5.74, 6) is -0.285. The molecular formula is C66H121NO13. The van der Waals surface area contributed by atoms with Crippen LogP contribution in [0.25, 0.3) is 0 Å². The van der Waals surface area contributed by atoms with Gasteiger partial charge in [0.15, 0.2) is 12.6 Å². The summed E-state index contributed by atoms with van der Waals surface area (Å²) in [6.07, 6.45) is 48.9. The van der Waals surface area contributed by atoms with E-state index in [1.807, 2.05) is 12.2 Å². The van der Waals surface area contributed by atoms with Crippen LogP contribution in [-0.4, -0.2) is 140 Å². The molecule has 14 heteroatoms. The summed E-state index contributed by atoms with van der Waals surface area (Å²) in [6, 6.07) is -0.869. The monoisotopic (exact) mass is 1140 g/mol. The van der Waals surface area contributed by atoms with Crippen molar-refractivity contribution in [1.29, 1.82) is 0 Å². The molecule has 12 atom stereocenters. The van der Waals surface area contributed by atoms with Crippen LogP contribution in [0, 0.1) is 0 Å². The predicted octanol–water partition coefficient (Wildman–Crippen LogP) is 12.3. The molecule has 2 rings (SSSR count). The molecule has 14 nitrogen and oxygen atoms in total. The lowest BCUT2D eigenvalue weighted by molar-refractivity contribution is -0.359. The van der Waals surface area contributed by atoms with E-state index in [1.54, 1.807) is 0 Å². The molecule has 0 aromatic heterocycles. The highest BCUT2D eigenvalue weighted by Gasteiger charge is 2.51. The van der Waals surface area contributed by atoms with Crippen molar-refractivity contribution in [3.05, 3.63) is 48.6 Å². The first kappa shape index (κ1) is 74.1. The molecule has 80 heavy (non-hydrogen) atoms. The second-order valence-corrected chi connectivity index (χ2v) is 23.2. The fourth-order valence-corrected chi connectivity index (χ4v) is 10.8. The van der Waals surface area contributed by atoms with Gasteiger partial charge in [-0.2, -0.15) is 0 Å². The molecule has 2 saturated heterocycles. The molecule has 1 amide bonds. The number of aliphatic hydroxyl groups is 8. The van der Waals surface area contributed by atoms with Crippen molar-refractivity contribution >= 4 is 5.91 Å². The zero-order valence-electron chi connectivity index (χ0n) is 50.6. The minimum Gasteiger partial charge on any atom is -0.394 e. The number of allylic oxidation sites excluding steroid dienone is 8. The van der Waals surface area contributed by atoms with Gasteiger partial charge in [-0.15, -0.1) is 0 Å². The number of rotatable bonds is 53. The predicted molar refractivity (Wildman–Crippen MR) is 323 cm³/mol.